The van der Waals surface area contributed by atoms with Gasteiger partial charge in [-0.3, -0.25) is 14.5 Å². The summed E-state index contributed by atoms with van der Waals surface area (Å²) in [5.41, 5.74) is 0.383. The van der Waals surface area contributed by atoms with E-state index in [1.807, 2.05) is 4.57 Å². The maximum absolute atomic E-state index is 12.5. The molecule has 4 aliphatic rings. The molecule has 4 saturated carbocycles. The molecule has 5 rings (SSSR count). The second-order valence-electron chi connectivity index (χ2n) is 8.48. The molecule has 4 aliphatic carbocycles. The van der Waals surface area contributed by atoms with Crippen LogP contribution in [-0.2, 0) is 17.8 Å². The highest BCUT2D eigenvalue weighted by Crippen LogP contribution is 2.59. The van der Waals surface area contributed by atoms with Crippen molar-refractivity contribution in [3.05, 3.63) is 10.6 Å². The zero-order valence-corrected chi connectivity index (χ0v) is 15.3. The third-order valence-corrected chi connectivity index (χ3v) is 6.75. The molecule has 0 unspecified atom stereocenters. The summed E-state index contributed by atoms with van der Waals surface area (Å²) in [6, 6.07) is 0. The molecule has 0 radical (unpaired) electrons. The maximum atomic E-state index is 12.5. The van der Waals surface area contributed by atoms with Gasteiger partial charge >= 0.3 is 0 Å². The topological polar surface area (TPSA) is 62.7 Å². The quantitative estimate of drug-likeness (QED) is 0.776. The van der Waals surface area contributed by atoms with E-state index in [0.29, 0.717) is 10.2 Å². The molecule has 5 nitrogen and oxygen atoms in total. The average Bonchev–Trinajstić information content (AvgIpc) is 2.85. The molecule has 132 valence electrons. The van der Waals surface area contributed by atoms with Gasteiger partial charge in [0, 0.05) is 13.0 Å². The van der Waals surface area contributed by atoms with Crippen LogP contribution in [0.3, 0.4) is 0 Å². The van der Waals surface area contributed by atoms with Crippen LogP contribution in [0, 0.1) is 27.9 Å². The molecular formula is C18H28N4OS. The van der Waals surface area contributed by atoms with Crippen LogP contribution >= 0.6 is 12.2 Å². The molecule has 0 aliphatic heterocycles. The predicted octanol–water partition coefficient (Wildman–Crippen LogP) is 3.23. The van der Waals surface area contributed by atoms with Crippen LogP contribution in [0.5, 0.6) is 0 Å². The van der Waals surface area contributed by atoms with Gasteiger partial charge in [0.25, 0.3) is 0 Å². The lowest BCUT2D eigenvalue weighted by Crippen LogP contribution is -2.51. The Morgan fingerprint density at radius 1 is 1.29 bits per heavy atom. The number of aromatic nitrogens is 3. The van der Waals surface area contributed by atoms with E-state index in [4.69, 9.17) is 12.2 Å². The Morgan fingerprint density at radius 3 is 2.50 bits per heavy atom. The first-order chi connectivity index (χ1) is 11.6. The minimum atomic E-state index is 0.0700. The molecule has 0 atom stereocenters. The molecule has 1 aromatic rings. The number of carbonyl (C=O) groups is 1. The van der Waals surface area contributed by atoms with Gasteiger partial charge in [-0.25, -0.2) is 0 Å². The molecule has 6 heteroatoms. The van der Waals surface area contributed by atoms with Crippen molar-refractivity contribution >= 4 is 18.1 Å². The SMILES string of the molecule is CCCc1n[nH]c(=S)n1CC(=O)NCC12CC3CC(CC(C3)C1)C2. The largest absolute Gasteiger partial charge is 0.354 e. The molecule has 0 spiro atoms. The Morgan fingerprint density at radius 2 is 1.92 bits per heavy atom. The lowest BCUT2D eigenvalue weighted by atomic mass is 9.49. The van der Waals surface area contributed by atoms with E-state index in [2.05, 4.69) is 22.4 Å². The molecule has 1 aromatic heterocycles. The summed E-state index contributed by atoms with van der Waals surface area (Å²) >= 11 is 5.27. The molecule has 0 saturated heterocycles. The van der Waals surface area contributed by atoms with Crippen molar-refractivity contribution in [1.29, 1.82) is 0 Å². The standard InChI is InChI=1S/C18H28N4OS/c1-2-3-15-20-21-17(24)22(15)10-16(23)19-11-18-7-12-4-13(8-18)6-14(5-12)9-18/h12-14H,2-11H2,1H3,(H,19,23)(H,21,24). The number of hydrogen-bond donors (Lipinski definition) is 2. The van der Waals surface area contributed by atoms with Gasteiger partial charge in [0.15, 0.2) is 4.77 Å². The van der Waals surface area contributed by atoms with Crippen molar-refractivity contribution in [1.82, 2.24) is 20.1 Å². The fraction of sp³-hybridized carbons (Fsp3) is 0.833. The van der Waals surface area contributed by atoms with Crippen LogP contribution in [0.4, 0.5) is 0 Å². The highest BCUT2D eigenvalue weighted by Gasteiger charge is 2.50. The second kappa shape index (κ2) is 6.28. The monoisotopic (exact) mass is 348 g/mol. The number of aryl methyl sites for hydroxylation is 1. The van der Waals surface area contributed by atoms with Gasteiger partial charge in [-0.05, 0) is 80.3 Å². The van der Waals surface area contributed by atoms with E-state index in [1.165, 1.54) is 38.5 Å². The maximum Gasteiger partial charge on any atom is 0.240 e. The summed E-state index contributed by atoms with van der Waals surface area (Å²) < 4.78 is 2.39. The summed E-state index contributed by atoms with van der Waals surface area (Å²) in [5.74, 6) is 3.72. The number of amides is 1. The zero-order valence-electron chi connectivity index (χ0n) is 14.5. The fourth-order valence-electron chi connectivity index (χ4n) is 5.92. The normalized spacial score (nSPS) is 33.8. The van der Waals surface area contributed by atoms with E-state index in [0.717, 1.165) is 43.0 Å². The smallest absolute Gasteiger partial charge is 0.240 e. The molecular weight excluding hydrogens is 320 g/mol. The van der Waals surface area contributed by atoms with Crippen molar-refractivity contribution in [2.24, 2.45) is 23.2 Å². The van der Waals surface area contributed by atoms with Crippen LogP contribution in [0.25, 0.3) is 0 Å². The first-order valence-corrected chi connectivity index (χ1v) is 9.88. The highest BCUT2D eigenvalue weighted by atomic mass is 32.1. The predicted molar refractivity (Wildman–Crippen MR) is 95.0 cm³/mol. The summed E-state index contributed by atoms with van der Waals surface area (Å²) in [6.07, 6.45) is 10.1. The molecule has 2 N–H and O–H groups in total. The van der Waals surface area contributed by atoms with Crippen LogP contribution in [0.15, 0.2) is 0 Å². The first-order valence-electron chi connectivity index (χ1n) is 9.48. The van der Waals surface area contributed by atoms with E-state index in [9.17, 15) is 4.79 Å². The highest BCUT2D eigenvalue weighted by molar-refractivity contribution is 7.71. The number of hydrogen-bond acceptors (Lipinski definition) is 3. The number of aromatic amines is 1. The zero-order chi connectivity index (χ0) is 16.7. The summed E-state index contributed by atoms with van der Waals surface area (Å²) in [5, 5.41) is 10.3. The Bertz CT molecular complexity index is 642. The van der Waals surface area contributed by atoms with Crippen LogP contribution < -0.4 is 5.32 Å². The van der Waals surface area contributed by atoms with Gasteiger partial charge in [0.1, 0.15) is 12.4 Å². The average molecular weight is 349 g/mol. The number of rotatable bonds is 6. The minimum absolute atomic E-state index is 0.0700. The van der Waals surface area contributed by atoms with Crippen LogP contribution in [0.2, 0.25) is 0 Å². The summed E-state index contributed by atoms with van der Waals surface area (Å²) in [7, 11) is 0. The Labute approximate surface area is 148 Å². The van der Waals surface area contributed by atoms with Crippen molar-refractivity contribution in [2.45, 2.75) is 64.8 Å². The fourth-order valence-corrected chi connectivity index (χ4v) is 6.14. The molecule has 1 heterocycles. The van der Waals surface area contributed by atoms with Gasteiger partial charge in [0.05, 0.1) is 0 Å². The van der Waals surface area contributed by atoms with Crippen molar-refractivity contribution < 1.29 is 4.79 Å². The minimum Gasteiger partial charge on any atom is -0.354 e. The first kappa shape index (κ1) is 16.3. The third-order valence-electron chi connectivity index (χ3n) is 6.44. The van der Waals surface area contributed by atoms with Gasteiger partial charge in [0.2, 0.25) is 5.91 Å². The number of carbonyl (C=O) groups excluding carboxylic acids is 1. The van der Waals surface area contributed by atoms with E-state index < -0.39 is 0 Å². The molecule has 1 amide bonds. The van der Waals surface area contributed by atoms with Crippen molar-refractivity contribution in [3.63, 3.8) is 0 Å². The molecule has 4 fully saturated rings. The Hall–Kier alpha value is -1.17. The number of H-pyrrole nitrogens is 1. The lowest BCUT2D eigenvalue weighted by Gasteiger charge is -2.56. The second-order valence-corrected chi connectivity index (χ2v) is 8.86. The summed E-state index contributed by atoms with van der Waals surface area (Å²) in [4.78, 5) is 12.5. The molecule has 0 aromatic carbocycles. The molecule has 24 heavy (non-hydrogen) atoms. The van der Waals surface area contributed by atoms with Gasteiger partial charge in [-0.1, -0.05) is 6.92 Å². The van der Waals surface area contributed by atoms with E-state index in [1.54, 1.807) is 0 Å². The third kappa shape index (κ3) is 3.05. The van der Waals surface area contributed by atoms with E-state index >= 15 is 0 Å². The van der Waals surface area contributed by atoms with Gasteiger partial charge in [-0.15, -0.1) is 0 Å². The number of nitrogens with zero attached hydrogens (tertiary/aromatic N) is 2. The van der Waals surface area contributed by atoms with Gasteiger partial charge < -0.3 is 5.32 Å². The van der Waals surface area contributed by atoms with Crippen molar-refractivity contribution in [3.8, 4) is 0 Å². The van der Waals surface area contributed by atoms with Crippen LogP contribution in [0.1, 0.15) is 57.7 Å². The van der Waals surface area contributed by atoms with Crippen LogP contribution in [-0.4, -0.2) is 27.2 Å². The molecule has 4 bridgehead atoms. The lowest BCUT2D eigenvalue weighted by molar-refractivity contribution is -0.123. The summed E-state index contributed by atoms with van der Waals surface area (Å²) in [6.45, 7) is 3.25. The Kier molecular flexibility index (Phi) is 4.27. The number of nitrogens with one attached hydrogen (secondary N) is 2. The van der Waals surface area contributed by atoms with Gasteiger partial charge in [-0.2, -0.15) is 5.10 Å². The van der Waals surface area contributed by atoms with Crippen molar-refractivity contribution in [2.75, 3.05) is 6.54 Å². The Balaban J connectivity index is 1.37. The van der Waals surface area contributed by atoms with E-state index in [-0.39, 0.29) is 12.5 Å².